The fourth-order valence-electron chi connectivity index (χ4n) is 3.68. The Bertz CT molecular complexity index is 1360. The van der Waals surface area contributed by atoms with E-state index >= 15 is 0 Å². The van der Waals surface area contributed by atoms with Crippen molar-refractivity contribution in [1.29, 1.82) is 0 Å². The van der Waals surface area contributed by atoms with Gasteiger partial charge in [-0.25, -0.2) is 13.7 Å². The number of rotatable bonds is 11. The van der Waals surface area contributed by atoms with Crippen molar-refractivity contribution < 1.29 is 27.6 Å². The number of hydrogen-bond donors (Lipinski definition) is 3. The fourth-order valence-corrected chi connectivity index (χ4v) is 4.42. The van der Waals surface area contributed by atoms with Crippen LogP contribution in [0.3, 0.4) is 0 Å². The van der Waals surface area contributed by atoms with Crippen molar-refractivity contribution in [2.24, 2.45) is 0 Å². The van der Waals surface area contributed by atoms with Gasteiger partial charge >= 0.3 is 7.82 Å². The predicted molar refractivity (Wildman–Crippen MR) is 140 cm³/mol. The van der Waals surface area contributed by atoms with Gasteiger partial charge in [0.1, 0.15) is 5.56 Å². The highest BCUT2D eigenvalue weighted by molar-refractivity contribution is 7.99. The zero-order chi connectivity index (χ0) is 25.5. The van der Waals surface area contributed by atoms with Gasteiger partial charge < -0.3 is 14.1 Å². The summed E-state index contributed by atoms with van der Waals surface area (Å²) in [5, 5.41) is 4.19. The van der Waals surface area contributed by atoms with Crippen molar-refractivity contribution in [2.75, 3.05) is 23.8 Å². The highest BCUT2D eigenvalue weighted by Gasteiger charge is 2.22. The van der Waals surface area contributed by atoms with E-state index in [1.54, 1.807) is 30.3 Å². The second-order valence-corrected chi connectivity index (χ2v) is 10.2. The highest BCUT2D eigenvalue weighted by atomic mass is 32.2. The molecule has 9 nitrogen and oxygen atoms in total. The summed E-state index contributed by atoms with van der Waals surface area (Å²) in [5.41, 5.74) is 12.3. The van der Waals surface area contributed by atoms with Crippen LogP contribution in [0.2, 0.25) is 0 Å². The van der Waals surface area contributed by atoms with Gasteiger partial charge in [-0.05, 0) is 47.4 Å². The molecule has 0 spiro atoms. The zero-order valence-corrected chi connectivity index (χ0v) is 21.7. The third-order valence-electron chi connectivity index (χ3n) is 5.49. The molecule has 2 aromatic heterocycles. The standard InChI is InChI=1S/C25H27N4O5PS/c1-32-35(30,31)33-17-29-12-4-7-23(25(29)26)24-16-22(27-34-24)14-19-10-8-18(9-11-19)13-20-5-3-6-21(15-20)28-36-2/h3-12,15-16,26,28H,13-14,17H2,1-2H3,(H,30,31)/p+1. The molecule has 4 aromatic rings. The molecule has 0 bridgehead atoms. The molecule has 2 heterocycles. The summed E-state index contributed by atoms with van der Waals surface area (Å²) in [4.78, 5) is 9.45. The van der Waals surface area contributed by atoms with E-state index in [4.69, 9.17) is 14.8 Å². The number of anilines is 2. The van der Waals surface area contributed by atoms with Crippen LogP contribution in [0.5, 0.6) is 0 Å². The molecule has 0 aliphatic carbocycles. The summed E-state index contributed by atoms with van der Waals surface area (Å²) in [5.74, 6) is 0.795. The predicted octanol–water partition coefficient (Wildman–Crippen LogP) is 4.80. The van der Waals surface area contributed by atoms with E-state index in [1.807, 2.05) is 12.3 Å². The average Bonchev–Trinajstić information content (AvgIpc) is 3.33. The summed E-state index contributed by atoms with van der Waals surface area (Å²) in [6, 6.07) is 22.2. The van der Waals surface area contributed by atoms with Crippen LogP contribution >= 0.6 is 19.8 Å². The molecule has 188 valence electrons. The van der Waals surface area contributed by atoms with Crippen LogP contribution in [0.4, 0.5) is 11.5 Å². The molecule has 0 saturated carbocycles. The Kier molecular flexibility index (Phi) is 8.45. The second kappa shape index (κ2) is 11.7. The van der Waals surface area contributed by atoms with Gasteiger partial charge in [0.2, 0.25) is 6.73 Å². The van der Waals surface area contributed by atoms with Gasteiger partial charge in [0.15, 0.2) is 5.76 Å². The van der Waals surface area contributed by atoms with Crippen LogP contribution in [0.15, 0.2) is 77.4 Å². The second-order valence-electron chi connectivity index (χ2n) is 8.05. The first-order valence-electron chi connectivity index (χ1n) is 11.1. The maximum absolute atomic E-state index is 11.6. The summed E-state index contributed by atoms with van der Waals surface area (Å²) >= 11 is 1.58. The Morgan fingerprint density at radius 3 is 2.56 bits per heavy atom. The lowest BCUT2D eigenvalue weighted by molar-refractivity contribution is -0.711. The monoisotopic (exact) mass is 527 g/mol. The number of benzene rings is 2. The minimum Gasteiger partial charge on any atom is -0.356 e. The van der Waals surface area contributed by atoms with E-state index in [0.29, 0.717) is 23.6 Å². The van der Waals surface area contributed by atoms with Gasteiger partial charge in [-0.2, -0.15) is 0 Å². The molecule has 4 rings (SSSR count). The van der Waals surface area contributed by atoms with Crippen LogP contribution in [-0.2, 0) is 33.2 Å². The van der Waals surface area contributed by atoms with Crippen molar-refractivity contribution in [3.05, 3.63) is 95.3 Å². The molecular weight excluding hydrogens is 499 g/mol. The SMILES string of the molecule is COP(=O)(O)OC[n+]1cccc(-c2cc(Cc3ccc(Cc4cccc(NSC)c4)cc3)no2)c1N. The number of hydrogen-bond acceptors (Lipinski definition) is 8. The average molecular weight is 528 g/mol. The van der Waals surface area contributed by atoms with Gasteiger partial charge in [0.25, 0.3) is 5.82 Å². The smallest absolute Gasteiger partial charge is 0.356 e. The van der Waals surface area contributed by atoms with E-state index in [1.165, 1.54) is 15.7 Å². The number of phosphoric acid groups is 1. The molecule has 4 N–H and O–H groups in total. The summed E-state index contributed by atoms with van der Waals surface area (Å²) in [6.45, 7) is -0.257. The maximum Gasteiger partial charge on any atom is 0.475 e. The van der Waals surface area contributed by atoms with Crippen molar-refractivity contribution in [3.63, 3.8) is 0 Å². The molecule has 0 fully saturated rings. The van der Waals surface area contributed by atoms with Gasteiger partial charge in [-0.3, -0.25) is 10.3 Å². The van der Waals surface area contributed by atoms with E-state index in [0.717, 1.165) is 30.5 Å². The topological polar surface area (TPSA) is 124 Å². The highest BCUT2D eigenvalue weighted by Crippen LogP contribution is 2.41. The molecule has 0 saturated heterocycles. The quantitative estimate of drug-likeness (QED) is 0.143. The third kappa shape index (κ3) is 6.75. The Morgan fingerprint density at radius 1 is 1.08 bits per heavy atom. The van der Waals surface area contributed by atoms with Crippen molar-refractivity contribution in [1.82, 2.24) is 5.16 Å². The zero-order valence-electron chi connectivity index (χ0n) is 20.0. The van der Waals surface area contributed by atoms with Crippen LogP contribution in [0, 0.1) is 0 Å². The number of nitrogens with one attached hydrogen (secondary N) is 1. The number of nitrogens with zero attached hydrogens (tertiary/aromatic N) is 2. The van der Waals surface area contributed by atoms with Crippen LogP contribution in [0.1, 0.15) is 22.4 Å². The van der Waals surface area contributed by atoms with Gasteiger partial charge in [0.05, 0.1) is 11.9 Å². The Labute approximate surface area is 214 Å². The molecule has 0 radical (unpaired) electrons. The summed E-state index contributed by atoms with van der Waals surface area (Å²) < 4.78 is 31.2. The molecule has 1 unspecified atom stereocenters. The Balaban J connectivity index is 1.42. The first-order valence-corrected chi connectivity index (χ1v) is 13.8. The number of pyridine rings is 1. The van der Waals surface area contributed by atoms with Crippen LogP contribution < -0.4 is 15.0 Å². The van der Waals surface area contributed by atoms with Crippen molar-refractivity contribution in [3.8, 4) is 11.3 Å². The molecule has 2 aromatic carbocycles. The summed E-state index contributed by atoms with van der Waals surface area (Å²) in [7, 11) is -3.03. The lowest BCUT2D eigenvalue weighted by atomic mass is 10.0. The van der Waals surface area contributed by atoms with Gasteiger partial charge in [-0.15, -0.1) is 0 Å². The first kappa shape index (κ1) is 25.9. The summed E-state index contributed by atoms with van der Waals surface area (Å²) in [6.07, 6.45) is 5.09. The molecule has 0 amide bonds. The first-order chi connectivity index (χ1) is 17.4. The molecular formula is C25H28N4O5PS+. The number of nitrogens with two attached hydrogens (primary N) is 1. The Hall–Kier alpha value is -3.14. The van der Waals surface area contributed by atoms with Crippen molar-refractivity contribution >= 4 is 31.3 Å². The number of nitrogen functional groups attached to an aromatic ring is 1. The van der Waals surface area contributed by atoms with E-state index in [2.05, 4.69) is 62.9 Å². The Morgan fingerprint density at radius 2 is 1.83 bits per heavy atom. The molecule has 1 atom stereocenters. The molecule has 36 heavy (non-hydrogen) atoms. The molecule has 0 aliphatic rings. The number of aromatic nitrogens is 2. The molecule has 0 aliphatic heterocycles. The van der Waals surface area contributed by atoms with E-state index in [9.17, 15) is 9.46 Å². The lowest BCUT2D eigenvalue weighted by Crippen LogP contribution is -2.38. The van der Waals surface area contributed by atoms with Crippen LogP contribution in [0.25, 0.3) is 11.3 Å². The minimum atomic E-state index is -4.13. The normalized spacial score (nSPS) is 12.9. The van der Waals surface area contributed by atoms with Gasteiger partial charge in [-0.1, -0.05) is 53.5 Å². The maximum atomic E-state index is 11.6. The minimum absolute atomic E-state index is 0.257. The molecule has 11 heteroatoms. The number of phosphoric ester groups is 1. The van der Waals surface area contributed by atoms with Crippen molar-refractivity contribution in [2.45, 2.75) is 19.6 Å². The van der Waals surface area contributed by atoms with Gasteiger partial charge in [0, 0.05) is 31.5 Å². The lowest BCUT2D eigenvalue weighted by Gasteiger charge is -2.09. The van der Waals surface area contributed by atoms with Crippen LogP contribution in [-0.4, -0.2) is 23.4 Å². The van der Waals surface area contributed by atoms with E-state index in [-0.39, 0.29) is 6.73 Å². The third-order valence-corrected chi connectivity index (χ3v) is 6.84. The van der Waals surface area contributed by atoms with E-state index < -0.39 is 7.82 Å². The fraction of sp³-hybridized carbons (Fsp3) is 0.200. The largest absolute Gasteiger partial charge is 0.475 e.